The molecule has 0 radical (unpaired) electrons. The number of nitrogens with zero attached hydrogens (tertiary/aromatic N) is 5. The summed E-state index contributed by atoms with van der Waals surface area (Å²) in [6, 6.07) is 5.02. The van der Waals surface area contributed by atoms with E-state index in [0.29, 0.717) is 17.9 Å². The van der Waals surface area contributed by atoms with Gasteiger partial charge in [-0.2, -0.15) is 9.97 Å². The summed E-state index contributed by atoms with van der Waals surface area (Å²) in [5.74, 6) is -6.58. The Kier molecular flexibility index (Phi) is 24.8. The van der Waals surface area contributed by atoms with Crippen molar-refractivity contribution in [2.75, 3.05) is 81.0 Å². The number of ketones is 2. The number of aliphatic hydroxyl groups excluding tert-OH is 2. The summed E-state index contributed by atoms with van der Waals surface area (Å²) in [4.78, 5) is 44.2. The number of hydrogen-bond acceptors (Lipinski definition) is 17. The van der Waals surface area contributed by atoms with E-state index < -0.39 is 46.0 Å². The molecular weight excluding hydrogens is 958 g/mol. The Morgan fingerprint density at radius 3 is 1.40 bits per heavy atom. The molecule has 22 heteroatoms. The van der Waals surface area contributed by atoms with Crippen molar-refractivity contribution in [3.63, 3.8) is 0 Å². The first-order valence-corrected chi connectivity index (χ1v) is 23.6. The van der Waals surface area contributed by atoms with E-state index in [-0.39, 0.29) is 77.5 Å². The number of rotatable bonds is 17. The molecule has 0 amide bonds. The molecule has 0 bridgehead atoms. The Bertz CT molecular complexity index is 2190. The number of alkyl halides is 1. The number of ether oxygens (including phenoxy) is 2. The van der Waals surface area contributed by atoms with Crippen molar-refractivity contribution >= 4 is 51.0 Å². The van der Waals surface area contributed by atoms with Crippen LogP contribution in [0.2, 0.25) is 0 Å². The largest absolute Gasteiger partial charge is 0.496 e. The normalized spacial score (nSPS) is 17.6. The van der Waals surface area contributed by atoms with Gasteiger partial charge >= 0.3 is 0 Å². The molecule has 0 spiro atoms. The van der Waals surface area contributed by atoms with Gasteiger partial charge in [-0.1, -0.05) is 36.7 Å². The molecule has 17 nitrogen and oxygen atoms in total. The first kappa shape index (κ1) is 57.1. The lowest BCUT2D eigenvalue weighted by atomic mass is 9.91. The van der Waals surface area contributed by atoms with Crippen LogP contribution in [0.15, 0.2) is 36.7 Å². The molecule has 0 aliphatic heterocycles. The Morgan fingerprint density at radius 2 is 1.07 bits per heavy atom. The van der Waals surface area contributed by atoms with Crippen molar-refractivity contribution < 1.29 is 46.8 Å². The standard InChI is InChI=1S/C20H25F2N5O3.C18H21F2N5O2.C6H15N.C2H5BrO/c1-30-15-7-6-14(21)17(22)16(15)18(29)13-10-25-20(27-19(13)23)26-12-4-2-11(3-5-12)24-8-9-28;1-27-13-7-6-12(19)15(20)14(13)16(26)11-8-23-18(25-17(11)22)24-10-4-2-9(21)3-5-10;1-4-7(5-2)6-3;3-1-2-4/h6-7,10-12,24,28H,2-5,8-9H2,1H3,(H3,23,25,26,27);6-10H,2-5,21H2,1H3,(H3,22,23,24,25);4-6H2,1-3H3;4H,1-2H2. The molecule has 0 unspecified atom stereocenters. The second-order valence-electron chi connectivity index (χ2n) is 15.7. The van der Waals surface area contributed by atoms with Crippen LogP contribution in [0.25, 0.3) is 0 Å². The zero-order valence-electron chi connectivity index (χ0n) is 39.3. The predicted molar refractivity (Wildman–Crippen MR) is 259 cm³/mol. The van der Waals surface area contributed by atoms with E-state index in [1.165, 1.54) is 58.4 Å². The monoisotopic (exact) mass is 1020 g/mol. The van der Waals surface area contributed by atoms with Crippen LogP contribution in [0.1, 0.15) is 104 Å². The molecule has 2 heterocycles. The average molecular weight is 1030 g/mol. The summed E-state index contributed by atoms with van der Waals surface area (Å²) >= 11 is 3.00. The molecule has 2 aliphatic rings. The third-order valence-electron chi connectivity index (χ3n) is 11.3. The Balaban J connectivity index is 0.000000297. The minimum atomic E-state index is -1.31. The summed E-state index contributed by atoms with van der Waals surface area (Å²) in [6.45, 7) is 11.1. The molecule has 11 N–H and O–H groups in total. The number of carbonyl (C=O) groups excluding carboxylic acids is 2. The van der Waals surface area contributed by atoms with Crippen LogP contribution in [-0.4, -0.2) is 130 Å². The van der Waals surface area contributed by atoms with Gasteiger partial charge in [0.2, 0.25) is 23.5 Å². The summed E-state index contributed by atoms with van der Waals surface area (Å²) in [6.07, 6.45) is 9.65. The van der Waals surface area contributed by atoms with Gasteiger partial charge in [-0.25, -0.2) is 27.5 Å². The van der Waals surface area contributed by atoms with Gasteiger partial charge in [-0.05, 0) is 95.3 Å². The lowest BCUT2D eigenvalue weighted by molar-refractivity contribution is 0.102. The molecule has 0 atom stereocenters. The number of carbonyl (C=O) groups is 2. The van der Waals surface area contributed by atoms with E-state index in [4.69, 9.17) is 36.9 Å². The van der Waals surface area contributed by atoms with E-state index in [1.807, 2.05) is 0 Å². The summed E-state index contributed by atoms with van der Waals surface area (Å²) in [5.41, 5.74) is 16.3. The third-order valence-corrected chi connectivity index (χ3v) is 11.6. The fraction of sp³-hybridized carbons (Fsp3) is 0.522. The maximum Gasteiger partial charge on any atom is 0.224 e. The number of nitrogens with one attached hydrogen (secondary N) is 3. The van der Waals surface area contributed by atoms with Crippen LogP contribution in [0.5, 0.6) is 11.5 Å². The van der Waals surface area contributed by atoms with Crippen LogP contribution in [0, 0.1) is 23.3 Å². The van der Waals surface area contributed by atoms with Crippen LogP contribution in [-0.2, 0) is 0 Å². The highest BCUT2D eigenvalue weighted by Crippen LogP contribution is 2.30. The summed E-state index contributed by atoms with van der Waals surface area (Å²) < 4.78 is 65.5. The fourth-order valence-corrected chi connectivity index (χ4v) is 7.39. The molecule has 2 fully saturated rings. The minimum Gasteiger partial charge on any atom is -0.496 e. The van der Waals surface area contributed by atoms with Crippen molar-refractivity contribution in [2.45, 2.75) is 96.3 Å². The van der Waals surface area contributed by atoms with E-state index in [0.717, 1.165) is 63.5 Å². The van der Waals surface area contributed by atoms with Gasteiger partial charge < -0.3 is 57.7 Å². The number of halogens is 5. The maximum absolute atomic E-state index is 14.2. The zero-order valence-corrected chi connectivity index (χ0v) is 40.9. The SMILES string of the molecule is CCN(CC)CC.COc1ccc(F)c(F)c1C(=O)c1cnc(NC2CCC(N)CC2)nc1N.COc1ccc(F)c(F)c1C(=O)c1cnc(NC2CCC(NCCO)CC2)nc1N.OCCBr. The van der Waals surface area contributed by atoms with Crippen LogP contribution in [0.4, 0.5) is 41.1 Å². The van der Waals surface area contributed by atoms with Gasteiger partial charge in [0.1, 0.15) is 34.3 Å². The highest BCUT2D eigenvalue weighted by atomic mass is 79.9. The molecule has 2 aliphatic carbocycles. The van der Waals surface area contributed by atoms with Crippen LogP contribution < -0.4 is 42.6 Å². The second-order valence-corrected chi connectivity index (χ2v) is 16.5. The molecule has 4 aromatic rings. The Labute approximate surface area is 403 Å². The predicted octanol–water partition coefficient (Wildman–Crippen LogP) is 5.86. The highest BCUT2D eigenvalue weighted by molar-refractivity contribution is 9.09. The number of benzene rings is 2. The zero-order chi connectivity index (χ0) is 50.3. The van der Waals surface area contributed by atoms with Crippen LogP contribution >= 0.6 is 15.9 Å². The number of nitrogen functional groups attached to an aromatic ring is 2. The van der Waals surface area contributed by atoms with Gasteiger partial charge in [0.15, 0.2) is 23.3 Å². The van der Waals surface area contributed by atoms with E-state index >= 15 is 0 Å². The summed E-state index contributed by atoms with van der Waals surface area (Å²) in [7, 11) is 2.51. The number of anilines is 4. The van der Waals surface area contributed by atoms with E-state index in [2.05, 4.69) is 77.5 Å². The number of methoxy groups -OCH3 is 2. The van der Waals surface area contributed by atoms with Crippen LogP contribution in [0.3, 0.4) is 0 Å². The topological polar surface area (TPSA) is 262 Å². The van der Waals surface area contributed by atoms with Crippen molar-refractivity contribution in [3.05, 3.63) is 82.2 Å². The smallest absolute Gasteiger partial charge is 0.224 e. The van der Waals surface area contributed by atoms with E-state index in [9.17, 15) is 27.2 Å². The maximum atomic E-state index is 14.2. The molecule has 376 valence electrons. The number of hydrogen-bond donors (Lipinski definition) is 8. The molecular formula is C46H66BrF4N11O6. The number of aromatic nitrogens is 4. The van der Waals surface area contributed by atoms with Gasteiger partial charge in [0.25, 0.3) is 0 Å². The molecule has 2 aromatic carbocycles. The Hall–Kier alpha value is -5.26. The molecule has 2 aromatic heterocycles. The molecule has 2 saturated carbocycles. The quantitative estimate of drug-likeness (QED) is 0.0350. The van der Waals surface area contributed by atoms with Crippen molar-refractivity contribution in [1.82, 2.24) is 30.2 Å². The first-order valence-electron chi connectivity index (χ1n) is 22.5. The van der Waals surface area contributed by atoms with Gasteiger partial charge in [-0.15, -0.1) is 0 Å². The molecule has 0 saturated heterocycles. The lowest BCUT2D eigenvalue weighted by Crippen LogP contribution is -2.38. The minimum absolute atomic E-state index is 0.0981. The first-order chi connectivity index (χ1) is 32.6. The average Bonchev–Trinajstić information content (AvgIpc) is 3.34. The highest BCUT2D eigenvalue weighted by Gasteiger charge is 2.28. The summed E-state index contributed by atoms with van der Waals surface area (Å²) in [5, 5.41) is 27.0. The Morgan fingerprint density at radius 1 is 0.691 bits per heavy atom. The van der Waals surface area contributed by atoms with Crippen molar-refractivity contribution in [3.8, 4) is 11.5 Å². The van der Waals surface area contributed by atoms with Gasteiger partial charge in [0.05, 0.1) is 38.6 Å². The number of nitrogens with two attached hydrogens (primary N) is 3. The lowest BCUT2D eigenvalue weighted by Gasteiger charge is -2.29. The van der Waals surface area contributed by atoms with Crippen molar-refractivity contribution in [2.24, 2.45) is 5.73 Å². The third kappa shape index (κ3) is 16.8. The van der Waals surface area contributed by atoms with Gasteiger partial charge in [0, 0.05) is 48.4 Å². The molecule has 68 heavy (non-hydrogen) atoms. The number of aliphatic hydroxyl groups is 2. The van der Waals surface area contributed by atoms with Gasteiger partial charge in [-0.3, -0.25) is 9.59 Å². The van der Waals surface area contributed by atoms with Crippen molar-refractivity contribution in [1.29, 1.82) is 0 Å². The molecule has 6 rings (SSSR count). The van der Waals surface area contributed by atoms with E-state index in [1.54, 1.807) is 0 Å². The second kappa shape index (κ2) is 29.6. The fourth-order valence-electron chi connectivity index (χ4n) is 7.39.